The fraction of sp³-hybridized carbons (Fsp3) is 0.0714. The molecule has 0 N–H and O–H groups in total. The molecule has 0 aliphatic carbocycles. The molecule has 0 saturated carbocycles. The van der Waals surface area contributed by atoms with E-state index >= 15 is 0 Å². The Bertz CT molecular complexity index is 1850. The number of aliphatic imine (C=N–C) groups is 3. The molecule has 0 unspecified atom stereocenters. The second kappa shape index (κ2) is 12.1. The molecule has 6 aromatic carbocycles. The maximum atomic E-state index is 4.87. The first-order valence-electron chi connectivity index (χ1n) is 15.2. The van der Waals surface area contributed by atoms with Crippen LogP contribution in [-0.4, -0.2) is 18.6 Å². The third-order valence-corrected chi connectivity index (χ3v) is 8.21. The van der Waals surface area contributed by atoms with Gasteiger partial charge in [-0.3, -0.25) is 15.0 Å². The van der Waals surface area contributed by atoms with Gasteiger partial charge in [-0.25, -0.2) is 0 Å². The molecular weight excluding hydrogens is 546 g/mol. The standard InChI is InChI=1S/C42H33N3/c1-28-4-19-40-31-7-13-38(14-8-31)44-26-35-23-30(3)6-21-42(35)33-11-17-39(18-12-33)45-27-36-24-29(2)5-20-41(36)32-9-15-37(16-10-32)43-25-34(40)22-28/h4-27H,1-3H3. The lowest BCUT2D eigenvalue weighted by molar-refractivity contribution is 1.43. The highest BCUT2D eigenvalue weighted by molar-refractivity contribution is 5.95. The van der Waals surface area contributed by atoms with Crippen molar-refractivity contribution in [3.63, 3.8) is 0 Å². The van der Waals surface area contributed by atoms with Gasteiger partial charge in [0.25, 0.3) is 0 Å². The highest BCUT2D eigenvalue weighted by Crippen LogP contribution is 2.31. The maximum absolute atomic E-state index is 4.87. The molecule has 216 valence electrons. The van der Waals surface area contributed by atoms with Gasteiger partial charge in [0, 0.05) is 35.3 Å². The van der Waals surface area contributed by atoms with E-state index in [1.807, 2.05) is 18.6 Å². The lowest BCUT2D eigenvalue weighted by Gasteiger charge is -2.10. The average Bonchev–Trinajstić information content (AvgIpc) is 3.06. The summed E-state index contributed by atoms with van der Waals surface area (Å²) in [6, 6.07) is 44.8. The Morgan fingerprint density at radius 2 is 0.578 bits per heavy atom. The number of fused-ring (bicyclic) bond motifs is 3. The lowest BCUT2D eigenvalue weighted by Crippen LogP contribution is -1.91. The summed E-state index contributed by atoms with van der Waals surface area (Å²) in [6.45, 7) is 6.34. The molecule has 4 heterocycles. The molecule has 0 aromatic heterocycles. The minimum atomic E-state index is 0.906. The highest BCUT2D eigenvalue weighted by Gasteiger charge is 2.09. The Morgan fingerprint density at radius 3 is 0.844 bits per heavy atom. The minimum Gasteiger partial charge on any atom is -0.256 e. The molecule has 3 heteroatoms. The molecule has 6 bridgehead atoms. The quantitative estimate of drug-likeness (QED) is 0.171. The van der Waals surface area contributed by atoms with Crippen molar-refractivity contribution in [1.82, 2.24) is 0 Å². The summed E-state index contributed by atoms with van der Waals surface area (Å²) in [6.07, 6.45) is 5.90. The normalized spacial score (nSPS) is 12.1. The van der Waals surface area contributed by atoms with Crippen LogP contribution in [0, 0.1) is 20.8 Å². The van der Waals surface area contributed by atoms with Crippen molar-refractivity contribution in [3.05, 3.63) is 161 Å². The third-order valence-electron chi connectivity index (χ3n) is 8.21. The second-order valence-corrected chi connectivity index (χ2v) is 11.7. The van der Waals surface area contributed by atoms with Gasteiger partial charge in [-0.15, -0.1) is 0 Å². The van der Waals surface area contributed by atoms with E-state index in [9.17, 15) is 0 Å². The molecule has 45 heavy (non-hydrogen) atoms. The van der Waals surface area contributed by atoms with E-state index in [-0.39, 0.29) is 0 Å². The Balaban J connectivity index is 1.37. The van der Waals surface area contributed by atoms with Crippen molar-refractivity contribution < 1.29 is 0 Å². The second-order valence-electron chi connectivity index (χ2n) is 11.7. The minimum absolute atomic E-state index is 0.906. The third kappa shape index (κ3) is 6.20. The zero-order chi connectivity index (χ0) is 30.8. The summed E-state index contributed by atoms with van der Waals surface area (Å²) in [7, 11) is 0. The SMILES string of the molecule is Cc1ccc2c(c1)C=Nc1ccc(cc1)-c1ccc(C)cc1C=Nc1ccc(cc1)-c1ccc(C)cc1C=Nc1ccc-2cc1. The predicted molar refractivity (Wildman–Crippen MR) is 192 cm³/mol. The molecule has 0 fully saturated rings. The van der Waals surface area contributed by atoms with E-state index in [0.29, 0.717) is 0 Å². The van der Waals surface area contributed by atoms with Crippen LogP contribution in [0.1, 0.15) is 33.4 Å². The van der Waals surface area contributed by atoms with Crippen molar-refractivity contribution in [2.45, 2.75) is 20.8 Å². The summed E-state index contributed by atoms with van der Waals surface area (Å²) in [5.41, 5.74) is 16.4. The van der Waals surface area contributed by atoms with E-state index in [1.165, 1.54) is 16.7 Å². The molecular formula is C42H33N3. The predicted octanol–water partition coefficient (Wildman–Crippen LogP) is 11.2. The van der Waals surface area contributed by atoms with Gasteiger partial charge in [-0.2, -0.15) is 0 Å². The number of hydrogen-bond donors (Lipinski definition) is 0. The van der Waals surface area contributed by atoms with Crippen molar-refractivity contribution in [2.75, 3.05) is 0 Å². The average molecular weight is 580 g/mol. The van der Waals surface area contributed by atoms with Gasteiger partial charge in [-0.05, 0) is 109 Å². The van der Waals surface area contributed by atoms with Gasteiger partial charge in [0.1, 0.15) is 0 Å². The number of benzene rings is 6. The van der Waals surface area contributed by atoms with E-state index in [0.717, 1.165) is 67.1 Å². The van der Waals surface area contributed by atoms with Crippen molar-refractivity contribution >= 4 is 35.7 Å². The van der Waals surface area contributed by atoms with E-state index in [2.05, 4.69) is 148 Å². The van der Waals surface area contributed by atoms with Crippen molar-refractivity contribution in [2.24, 2.45) is 15.0 Å². The summed E-state index contributed by atoms with van der Waals surface area (Å²) in [5.74, 6) is 0. The Labute approximate surface area is 265 Å². The molecule has 10 rings (SSSR count). The van der Waals surface area contributed by atoms with Crippen LogP contribution >= 0.6 is 0 Å². The monoisotopic (exact) mass is 579 g/mol. The Hall–Kier alpha value is -5.67. The van der Waals surface area contributed by atoms with E-state index in [4.69, 9.17) is 15.0 Å². The van der Waals surface area contributed by atoms with Gasteiger partial charge in [0.15, 0.2) is 0 Å². The fourth-order valence-corrected chi connectivity index (χ4v) is 5.77. The van der Waals surface area contributed by atoms with Gasteiger partial charge in [0.05, 0.1) is 17.1 Å². The summed E-state index contributed by atoms with van der Waals surface area (Å²) >= 11 is 0. The van der Waals surface area contributed by atoms with Crippen LogP contribution in [0.25, 0.3) is 33.4 Å². The van der Waals surface area contributed by atoms with Gasteiger partial charge >= 0.3 is 0 Å². The first kappa shape index (κ1) is 28.1. The molecule has 4 aliphatic rings. The number of aryl methyl sites for hydroxylation is 3. The van der Waals surface area contributed by atoms with Crippen LogP contribution < -0.4 is 0 Å². The molecule has 0 saturated heterocycles. The molecule has 0 spiro atoms. The largest absolute Gasteiger partial charge is 0.256 e. The first-order valence-corrected chi connectivity index (χ1v) is 15.2. The zero-order valence-corrected chi connectivity index (χ0v) is 25.7. The molecule has 3 nitrogen and oxygen atoms in total. The Morgan fingerprint density at radius 1 is 0.311 bits per heavy atom. The maximum Gasteiger partial charge on any atom is 0.0630 e. The van der Waals surface area contributed by atoms with E-state index in [1.54, 1.807) is 0 Å². The topological polar surface area (TPSA) is 37.1 Å². The smallest absolute Gasteiger partial charge is 0.0630 e. The number of rotatable bonds is 0. The summed E-state index contributed by atoms with van der Waals surface area (Å²) in [5, 5.41) is 0. The van der Waals surface area contributed by atoms with Crippen LogP contribution in [0.4, 0.5) is 17.1 Å². The van der Waals surface area contributed by atoms with Gasteiger partial charge in [-0.1, -0.05) is 89.5 Å². The van der Waals surface area contributed by atoms with Crippen LogP contribution in [0.2, 0.25) is 0 Å². The fourth-order valence-electron chi connectivity index (χ4n) is 5.77. The number of nitrogens with zero attached hydrogens (tertiary/aromatic N) is 3. The molecule has 6 aromatic rings. The zero-order valence-electron chi connectivity index (χ0n) is 25.7. The van der Waals surface area contributed by atoms with Crippen LogP contribution in [0.5, 0.6) is 0 Å². The molecule has 0 radical (unpaired) electrons. The van der Waals surface area contributed by atoms with Crippen LogP contribution in [0.15, 0.2) is 142 Å². The molecule has 0 amide bonds. The lowest BCUT2D eigenvalue weighted by atomic mass is 9.97. The van der Waals surface area contributed by atoms with Crippen LogP contribution in [0.3, 0.4) is 0 Å². The van der Waals surface area contributed by atoms with Crippen molar-refractivity contribution in [3.8, 4) is 33.4 Å². The molecule has 4 aliphatic heterocycles. The first-order chi connectivity index (χ1) is 22.0. The van der Waals surface area contributed by atoms with Crippen molar-refractivity contribution in [1.29, 1.82) is 0 Å². The van der Waals surface area contributed by atoms with Crippen LogP contribution in [-0.2, 0) is 0 Å². The highest BCUT2D eigenvalue weighted by atomic mass is 14.7. The summed E-state index contributed by atoms with van der Waals surface area (Å²) in [4.78, 5) is 14.6. The van der Waals surface area contributed by atoms with Gasteiger partial charge < -0.3 is 0 Å². The number of hydrogen-bond acceptors (Lipinski definition) is 3. The van der Waals surface area contributed by atoms with E-state index < -0.39 is 0 Å². The van der Waals surface area contributed by atoms with Gasteiger partial charge in [0.2, 0.25) is 0 Å². The summed E-state index contributed by atoms with van der Waals surface area (Å²) < 4.78 is 0. The molecule has 0 atom stereocenters. The Kier molecular flexibility index (Phi) is 7.59.